The van der Waals surface area contributed by atoms with E-state index in [2.05, 4.69) is 10.6 Å². The number of hydrogen-bond donors (Lipinski definition) is 6. The van der Waals surface area contributed by atoms with E-state index in [9.17, 15) is 30.4 Å². The third kappa shape index (κ3) is 4.55. The Hall–Kier alpha value is -3.12. The van der Waals surface area contributed by atoms with Crippen LogP contribution in [0.3, 0.4) is 0 Å². The van der Waals surface area contributed by atoms with Crippen LogP contribution in [0.4, 0.5) is 22.7 Å². The Morgan fingerprint density at radius 1 is 0.781 bits per heavy atom. The maximum atomic E-state index is 13.2. The van der Waals surface area contributed by atoms with Gasteiger partial charge < -0.3 is 21.0 Å². The van der Waals surface area contributed by atoms with E-state index in [0.717, 1.165) is 12.8 Å². The average molecular weight is 440 g/mol. The molecule has 2 amide bonds. The number of fused-ring (bicyclic) bond motifs is 2. The highest BCUT2D eigenvalue weighted by Gasteiger charge is 2.48. The number of rotatable bonds is 6. The van der Waals surface area contributed by atoms with Gasteiger partial charge in [0.05, 0.1) is 11.8 Å². The predicted octanol–water partition coefficient (Wildman–Crippen LogP) is 0.899. The third-order valence-corrected chi connectivity index (χ3v) is 6.11. The summed E-state index contributed by atoms with van der Waals surface area (Å²) in [6, 6.07) is 11.9. The first-order valence-corrected chi connectivity index (χ1v) is 10.3. The maximum Gasteiger partial charge on any atom is 0.228 e. The van der Waals surface area contributed by atoms with Crippen LogP contribution < -0.4 is 21.1 Å². The molecule has 3 aliphatic carbocycles. The van der Waals surface area contributed by atoms with Gasteiger partial charge in [-0.15, -0.1) is 0 Å². The maximum absolute atomic E-state index is 13.2. The molecule has 5 rings (SSSR count). The summed E-state index contributed by atoms with van der Waals surface area (Å²) in [5, 5.41) is 44.1. The van der Waals surface area contributed by atoms with Crippen LogP contribution in [0.2, 0.25) is 0 Å². The van der Waals surface area contributed by atoms with Gasteiger partial charge in [-0.2, -0.15) is 10.5 Å². The van der Waals surface area contributed by atoms with Gasteiger partial charge in [-0.25, -0.2) is 10.4 Å². The molecule has 168 valence electrons. The van der Waals surface area contributed by atoms with Crippen LogP contribution in [0.1, 0.15) is 12.8 Å². The highest BCUT2D eigenvalue weighted by atomic mass is 16.8. The SMILES string of the molecule is O=C(Nc1cccc([NH+]([O-])O)c1)[C@@H]1[C@H](C(=O)Nc2cccc([NH+]([O-])O)c2)[C@@H]2C=C[C@@H]1CC2. The molecule has 2 aromatic carbocycles. The molecule has 32 heavy (non-hydrogen) atoms. The number of carbonyl (C=O) groups is 2. The summed E-state index contributed by atoms with van der Waals surface area (Å²) >= 11 is 0. The molecule has 10 nitrogen and oxygen atoms in total. The highest BCUT2D eigenvalue weighted by Crippen LogP contribution is 2.45. The Balaban J connectivity index is 1.54. The minimum absolute atomic E-state index is 0.0560. The largest absolute Gasteiger partial charge is 0.595 e. The van der Waals surface area contributed by atoms with Crippen LogP contribution in [0.5, 0.6) is 0 Å². The van der Waals surface area contributed by atoms with Gasteiger partial charge in [0, 0.05) is 35.6 Å². The van der Waals surface area contributed by atoms with Crippen LogP contribution >= 0.6 is 0 Å². The second-order valence-corrected chi connectivity index (χ2v) is 8.09. The van der Waals surface area contributed by atoms with Crippen molar-refractivity contribution in [3.8, 4) is 0 Å². The topological polar surface area (TPSA) is 154 Å². The highest BCUT2D eigenvalue weighted by molar-refractivity contribution is 6.00. The van der Waals surface area contributed by atoms with E-state index in [1.165, 1.54) is 24.3 Å². The second kappa shape index (κ2) is 9.17. The van der Waals surface area contributed by atoms with E-state index in [0.29, 0.717) is 11.4 Å². The minimum atomic E-state index is -1.10. The zero-order valence-corrected chi connectivity index (χ0v) is 17.0. The number of amides is 2. The number of carbonyl (C=O) groups excluding carboxylic acids is 2. The molecule has 1 saturated carbocycles. The Labute approximate surface area is 183 Å². The van der Waals surface area contributed by atoms with Crippen LogP contribution in [0, 0.1) is 34.1 Å². The summed E-state index contributed by atoms with van der Waals surface area (Å²) in [6.07, 6.45) is 5.52. The molecule has 2 unspecified atom stereocenters. The van der Waals surface area contributed by atoms with E-state index in [1.807, 2.05) is 12.2 Å². The van der Waals surface area contributed by atoms with Gasteiger partial charge in [-0.1, -0.05) is 24.3 Å². The first-order chi connectivity index (χ1) is 15.3. The molecule has 6 N–H and O–H groups in total. The zero-order valence-electron chi connectivity index (χ0n) is 17.0. The molecule has 1 fully saturated rings. The molecular formula is C22H24N4O6. The molecule has 0 aromatic heterocycles. The van der Waals surface area contributed by atoms with E-state index in [-0.39, 0.29) is 35.0 Å². The summed E-state index contributed by atoms with van der Waals surface area (Å²) in [7, 11) is 0. The van der Waals surface area contributed by atoms with Gasteiger partial charge in [-0.05, 0) is 36.8 Å². The van der Waals surface area contributed by atoms with Crippen molar-refractivity contribution in [3.05, 3.63) is 71.1 Å². The fourth-order valence-corrected chi connectivity index (χ4v) is 4.62. The number of anilines is 2. The number of hydrogen-bond acceptors (Lipinski definition) is 6. The summed E-state index contributed by atoms with van der Waals surface area (Å²) in [5.74, 6) is -2.13. The fourth-order valence-electron chi connectivity index (χ4n) is 4.62. The third-order valence-electron chi connectivity index (χ3n) is 6.11. The van der Waals surface area contributed by atoms with Crippen molar-refractivity contribution in [2.45, 2.75) is 12.8 Å². The standard InChI is InChI=1S/C22H24N4O6/c27-21(23-15-3-1-5-17(11-15)25(29)30)19-13-7-9-14(10-8-13)20(19)22(28)24-16-4-2-6-18(12-16)26(31)32/h1-7,9,11-14,19-20,25-26,29,31H,8,10H2,(H,23,27)(H,24,28)/t13-,14-,19-,20+/m1/s1. The lowest BCUT2D eigenvalue weighted by Gasteiger charge is -2.43. The van der Waals surface area contributed by atoms with Crippen molar-refractivity contribution in [3.63, 3.8) is 0 Å². The van der Waals surface area contributed by atoms with E-state index < -0.39 is 22.3 Å². The molecule has 0 heterocycles. The monoisotopic (exact) mass is 440 g/mol. The molecule has 10 heteroatoms. The smallest absolute Gasteiger partial charge is 0.228 e. The van der Waals surface area contributed by atoms with Gasteiger partial charge in [0.1, 0.15) is 0 Å². The summed E-state index contributed by atoms with van der Waals surface area (Å²) in [5.41, 5.74) is 0.822. The second-order valence-electron chi connectivity index (χ2n) is 8.09. The average Bonchev–Trinajstić information content (AvgIpc) is 2.79. The lowest BCUT2D eigenvalue weighted by molar-refractivity contribution is -0.991. The number of benzene rings is 2. The zero-order chi connectivity index (χ0) is 22.8. The quantitative estimate of drug-likeness (QED) is 0.290. The first kappa shape index (κ1) is 22.1. The van der Waals surface area contributed by atoms with Gasteiger partial charge >= 0.3 is 0 Å². The van der Waals surface area contributed by atoms with E-state index in [1.54, 1.807) is 24.3 Å². The lowest BCUT2D eigenvalue weighted by atomic mass is 9.61. The van der Waals surface area contributed by atoms with Crippen molar-refractivity contribution in [2.24, 2.45) is 23.7 Å². The van der Waals surface area contributed by atoms with Gasteiger partial charge in [0.25, 0.3) is 0 Å². The summed E-state index contributed by atoms with van der Waals surface area (Å²) < 4.78 is 0. The molecule has 3 aliphatic rings. The van der Waals surface area contributed by atoms with Crippen molar-refractivity contribution in [2.75, 3.05) is 10.6 Å². The van der Waals surface area contributed by atoms with E-state index >= 15 is 0 Å². The minimum Gasteiger partial charge on any atom is -0.595 e. The number of quaternary nitrogens is 2. The predicted molar refractivity (Wildman–Crippen MR) is 114 cm³/mol. The molecular weight excluding hydrogens is 416 g/mol. The van der Waals surface area contributed by atoms with Gasteiger partial charge in [0.15, 0.2) is 11.4 Å². The normalized spacial score (nSPS) is 25.8. The fraction of sp³-hybridized carbons (Fsp3) is 0.273. The van der Waals surface area contributed by atoms with Crippen molar-refractivity contribution < 1.29 is 30.5 Å². The van der Waals surface area contributed by atoms with Crippen LogP contribution in [-0.4, -0.2) is 22.2 Å². The van der Waals surface area contributed by atoms with Gasteiger partial charge in [-0.3, -0.25) is 9.59 Å². The van der Waals surface area contributed by atoms with Crippen molar-refractivity contribution >= 4 is 34.6 Å². The van der Waals surface area contributed by atoms with E-state index in [4.69, 9.17) is 0 Å². The van der Waals surface area contributed by atoms with Crippen LogP contribution in [-0.2, 0) is 9.59 Å². The summed E-state index contributed by atoms with van der Waals surface area (Å²) in [6.45, 7) is 0. The molecule has 0 aliphatic heterocycles. The van der Waals surface area contributed by atoms with Gasteiger partial charge in [0.2, 0.25) is 11.8 Å². The number of nitrogens with one attached hydrogen (secondary N) is 4. The molecule has 0 saturated heterocycles. The van der Waals surface area contributed by atoms with Crippen molar-refractivity contribution in [1.82, 2.24) is 0 Å². The molecule has 0 radical (unpaired) electrons. The Kier molecular flexibility index (Phi) is 6.33. The Morgan fingerprint density at radius 3 is 1.53 bits per heavy atom. The van der Waals surface area contributed by atoms with Crippen molar-refractivity contribution in [1.29, 1.82) is 0 Å². The Morgan fingerprint density at radius 2 is 1.19 bits per heavy atom. The number of allylic oxidation sites excluding steroid dienone is 2. The first-order valence-electron chi connectivity index (χ1n) is 10.3. The molecule has 0 spiro atoms. The molecule has 6 atom stereocenters. The molecule has 2 aromatic rings. The Bertz CT molecular complexity index is 959. The lowest BCUT2D eigenvalue weighted by Crippen LogP contribution is -2.99. The summed E-state index contributed by atoms with van der Waals surface area (Å²) in [4.78, 5) is 26.4. The van der Waals surface area contributed by atoms with Crippen LogP contribution in [0.25, 0.3) is 0 Å². The van der Waals surface area contributed by atoms with Crippen LogP contribution in [0.15, 0.2) is 60.7 Å². The molecule has 2 bridgehead atoms.